The van der Waals surface area contributed by atoms with Gasteiger partial charge in [-0.1, -0.05) is 24.4 Å². The molecule has 1 fully saturated rings. The zero-order valence-corrected chi connectivity index (χ0v) is 10.8. The van der Waals surface area contributed by atoms with Crippen molar-refractivity contribution in [1.29, 1.82) is 0 Å². The lowest BCUT2D eigenvalue weighted by atomic mass is 10.1. The second-order valence-electron chi connectivity index (χ2n) is 4.29. The van der Waals surface area contributed by atoms with E-state index < -0.39 is 6.10 Å². The molecule has 18 heavy (non-hydrogen) atoms. The average Bonchev–Trinajstić information content (AvgIpc) is 2.55. The summed E-state index contributed by atoms with van der Waals surface area (Å²) in [6, 6.07) is 7.21. The Balaban J connectivity index is 2.10. The standard InChI is InChI=1S/C13H16N2O2S/c14-12(18)9-4-3-5-10(8-9)17-11-6-1-2-7-15-13(11)16/h3-5,8,11H,1-2,6-7H2,(H2,14,18)(H,15,16). The molecule has 1 aliphatic rings. The van der Waals surface area contributed by atoms with Crippen molar-refractivity contribution in [3.63, 3.8) is 0 Å². The molecule has 1 amide bonds. The van der Waals surface area contributed by atoms with E-state index >= 15 is 0 Å². The summed E-state index contributed by atoms with van der Waals surface area (Å²) in [6.07, 6.45) is 2.30. The fraction of sp³-hybridized carbons (Fsp3) is 0.385. The Kier molecular flexibility index (Phi) is 4.15. The molecule has 1 atom stereocenters. The Labute approximate surface area is 112 Å². The third-order valence-electron chi connectivity index (χ3n) is 2.88. The van der Waals surface area contributed by atoms with Crippen molar-refractivity contribution in [1.82, 2.24) is 5.32 Å². The van der Waals surface area contributed by atoms with Gasteiger partial charge in [0.2, 0.25) is 0 Å². The molecule has 96 valence electrons. The first kappa shape index (κ1) is 12.8. The van der Waals surface area contributed by atoms with Crippen LogP contribution in [-0.2, 0) is 4.79 Å². The van der Waals surface area contributed by atoms with E-state index in [1.165, 1.54) is 0 Å². The maximum absolute atomic E-state index is 11.8. The Morgan fingerprint density at radius 2 is 2.28 bits per heavy atom. The predicted octanol–water partition coefficient (Wildman–Crippen LogP) is 1.37. The van der Waals surface area contributed by atoms with Crippen LogP contribution in [0.15, 0.2) is 24.3 Å². The number of amides is 1. The van der Waals surface area contributed by atoms with Crippen molar-refractivity contribution in [2.24, 2.45) is 5.73 Å². The van der Waals surface area contributed by atoms with E-state index in [4.69, 9.17) is 22.7 Å². The molecule has 1 heterocycles. The van der Waals surface area contributed by atoms with Crippen LogP contribution < -0.4 is 15.8 Å². The molecule has 2 rings (SSSR count). The van der Waals surface area contributed by atoms with Crippen molar-refractivity contribution >= 4 is 23.1 Å². The van der Waals surface area contributed by atoms with Crippen LogP contribution in [0.5, 0.6) is 5.75 Å². The zero-order valence-electron chi connectivity index (χ0n) is 10.0. The molecule has 0 bridgehead atoms. The molecule has 1 aromatic carbocycles. The van der Waals surface area contributed by atoms with Gasteiger partial charge in [0.15, 0.2) is 6.10 Å². The van der Waals surface area contributed by atoms with Crippen LogP contribution in [0.4, 0.5) is 0 Å². The molecule has 5 heteroatoms. The van der Waals surface area contributed by atoms with E-state index in [-0.39, 0.29) is 5.91 Å². The predicted molar refractivity (Wildman–Crippen MR) is 73.6 cm³/mol. The monoisotopic (exact) mass is 264 g/mol. The van der Waals surface area contributed by atoms with E-state index in [1.807, 2.05) is 12.1 Å². The smallest absolute Gasteiger partial charge is 0.261 e. The summed E-state index contributed by atoms with van der Waals surface area (Å²) in [6.45, 7) is 0.728. The number of carbonyl (C=O) groups excluding carboxylic acids is 1. The van der Waals surface area contributed by atoms with Crippen molar-refractivity contribution in [3.8, 4) is 5.75 Å². The summed E-state index contributed by atoms with van der Waals surface area (Å²) in [5.41, 5.74) is 6.31. The molecule has 1 unspecified atom stereocenters. The summed E-state index contributed by atoms with van der Waals surface area (Å²) >= 11 is 4.91. The van der Waals surface area contributed by atoms with Gasteiger partial charge in [-0.05, 0) is 31.4 Å². The number of hydrogen-bond acceptors (Lipinski definition) is 3. The molecule has 0 aliphatic carbocycles. The third-order valence-corrected chi connectivity index (χ3v) is 3.12. The van der Waals surface area contributed by atoms with Gasteiger partial charge in [0.25, 0.3) is 5.91 Å². The highest BCUT2D eigenvalue weighted by atomic mass is 32.1. The fourth-order valence-electron chi connectivity index (χ4n) is 1.91. The zero-order chi connectivity index (χ0) is 13.0. The van der Waals surface area contributed by atoms with Gasteiger partial charge in [0.05, 0.1) is 0 Å². The molecule has 4 nitrogen and oxygen atoms in total. The van der Waals surface area contributed by atoms with Gasteiger partial charge in [-0.3, -0.25) is 4.79 Å². The molecule has 1 aliphatic heterocycles. The maximum atomic E-state index is 11.8. The Morgan fingerprint density at radius 3 is 3.06 bits per heavy atom. The van der Waals surface area contributed by atoms with Crippen LogP contribution in [0.2, 0.25) is 0 Å². The molecule has 1 saturated heterocycles. The quantitative estimate of drug-likeness (QED) is 0.809. The summed E-state index contributed by atoms with van der Waals surface area (Å²) in [5.74, 6) is 0.579. The largest absolute Gasteiger partial charge is 0.481 e. The van der Waals surface area contributed by atoms with Crippen LogP contribution in [0.1, 0.15) is 24.8 Å². The first-order valence-corrected chi connectivity index (χ1v) is 6.42. The molecule has 3 N–H and O–H groups in total. The lowest BCUT2D eigenvalue weighted by Crippen LogP contribution is -2.36. The summed E-state index contributed by atoms with van der Waals surface area (Å²) in [5, 5.41) is 2.84. The number of ether oxygens (including phenoxy) is 1. The molecular formula is C13H16N2O2S. The fourth-order valence-corrected chi connectivity index (χ4v) is 2.04. The molecule has 0 saturated carbocycles. The number of thiocarbonyl (C=S) groups is 1. The number of benzene rings is 1. The number of nitrogens with one attached hydrogen (secondary N) is 1. The maximum Gasteiger partial charge on any atom is 0.261 e. The third kappa shape index (κ3) is 3.20. The van der Waals surface area contributed by atoms with Gasteiger partial charge >= 0.3 is 0 Å². The second-order valence-corrected chi connectivity index (χ2v) is 4.73. The topological polar surface area (TPSA) is 64.3 Å². The summed E-state index contributed by atoms with van der Waals surface area (Å²) < 4.78 is 5.71. The van der Waals surface area contributed by atoms with Crippen molar-refractivity contribution in [2.45, 2.75) is 25.4 Å². The van der Waals surface area contributed by atoms with Crippen LogP contribution in [0.3, 0.4) is 0 Å². The summed E-state index contributed by atoms with van der Waals surface area (Å²) in [4.78, 5) is 12.1. The Hall–Kier alpha value is -1.62. The lowest BCUT2D eigenvalue weighted by molar-refractivity contribution is -0.127. The van der Waals surface area contributed by atoms with Gasteiger partial charge in [-0.2, -0.15) is 0 Å². The van der Waals surface area contributed by atoms with Crippen molar-refractivity contribution < 1.29 is 9.53 Å². The van der Waals surface area contributed by atoms with E-state index in [9.17, 15) is 4.79 Å². The van der Waals surface area contributed by atoms with Crippen LogP contribution in [0, 0.1) is 0 Å². The second kappa shape index (κ2) is 5.82. The van der Waals surface area contributed by atoms with Gasteiger partial charge in [0.1, 0.15) is 10.7 Å². The molecule has 0 spiro atoms. The van der Waals surface area contributed by atoms with E-state index in [2.05, 4.69) is 5.32 Å². The van der Waals surface area contributed by atoms with Gasteiger partial charge in [0, 0.05) is 12.1 Å². The highest BCUT2D eigenvalue weighted by Gasteiger charge is 2.22. The first-order chi connectivity index (χ1) is 8.66. The SMILES string of the molecule is NC(=S)c1cccc(OC2CCCCNC2=O)c1. The number of hydrogen-bond donors (Lipinski definition) is 2. The molecule has 1 aromatic rings. The van der Waals surface area contributed by atoms with Gasteiger partial charge in [-0.25, -0.2) is 0 Å². The van der Waals surface area contributed by atoms with Crippen molar-refractivity contribution in [3.05, 3.63) is 29.8 Å². The minimum Gasteiger partial charge on any atom is -0.481 e. The van der Waals surface area contributed by atoms with Gasteiger partial charge in [-0.15, -0.1) is 0 Å². The van der Waals surface area contributed by atoms with Crippen LogP contribution in [0.25, 0.3) is 0 Å². The van der Waals surface area contributed by atoms with E-state index in [0.29, 0.717) is 10.7 Å². The number of carbonyl (C=O) groups is 1. The lowest BCUT2D eigenvalue weighted by Gasteiger charge is -2.16. The van der Waals surface area contributed by atoms with E-state index in [1.54, 1.807) is 12.1 Å². The van der Waals surface area contributed by atoms with Crippen LogP contribution >= 0.6 is 12.2 Å². The van der Waals surface area contributed by atoms with Crippen molar-refractivity contribution in [2.75, 3.05) is 6.54 Å². The Bertz CT molecular complexity index is 462. The molecular weight excluding hydrogens is 248 g/mol. The molecule has 0 radical (unpaired) electrons. The van der Waals surface area contributed by atoms with Crippen LogP contribution in [-0.4, -0.2) is 23.5 Å². The number of nitrogens with two attached hydrogens (primary N) is 1. The minimum atomic E-state index is -0.422. The van der Waals surface area contributed by atoms with Gasteiger partial charge < -0.3 is 15.8 Å². The molecule has 0 aromatic heterocycles. The van der Waals surface area contributed by atoms with E-state index in [0.717, 1.165) is 31.4 Å². The normalized spacial score (nSPS) is 19.8. The highest BCUT2D eigenvalue weighted by Crippen LogP contribution is 2.18. The number of rotatable bonds is 3. The summed E-state index contributed by atoms with van der Waals surface area (Å²) in [7, 11) is 0. The first-order valence-electron chi connectivity index (χ1n) is 6.01. The minimum absolute atomic E-state index is 0.0479. The Morgan fingerprint density at radius 1 is 1.44 bits per heavy atom. The average molecular weight is 264 g/mol. The highest BCUT2D eigenvalue weighted by molar-refractivity contribution is 7.80.